The van der Waals surface area contributed by atoms with Crippen LogP contribution in [0.4, 0.5) is 0 Å². The fourth-order valence-corrected chi connectivity index (χ4v) is 5.32. The number of allylic oxidation sites excluding steroid dienone is 2. The number of rotatable bonds is 22. The lowest BCUT2D eigenvalue weighted by molar-refractivity contribution is -0.760. The van der Waals surface area contributed by atoms with Crippen LogP contribution in [-0.2, 0) is 25.6 Å². The molecule has 1 unspecified atom stereocenters. The molecule has 236 valence electrons. The molecule has 13 nitrogen and oxygen atoms in total. The molecule has 1 aliphatic rings. The molecule has 0 amide bonds. The zero-order valence-corrected chi connectivity index (χ0v) is 23.9. The monoisotopic (exact) mass is 596 g/mol. The minimum atomic E-state index is -0.946. The van der Waals surface area contributed by atoms with Crippen molar-refractivity contribution in [1.29, 1.82) is 0 Å². The molecule has 3 N–H and O–H groups in total. The Morgan fingerprint density at radius 2 is 1.67 bits per heavy atom. The summed E-state index contributed by atoms with van der Waals surface area (Å²) in [4.78, 5) is 41.4. The summed E-state index contributed by atoms with van der Waals surface area (Å²) < 4.78 is 5.21. The molecule has 0 heterocycles. The summed E-state index contributed by atoms with van der Waals surface area (Å²) in [5.74, 6) is -1.15. The Morgan fingerprint density at radius 1 is 0.952 bits per heavy atom. The lowest BCUT2D eigenvalue weighted by atomic mass is 9.85. The average molecular weight is 597 g/mol. The number of nitrogens with zero attached hydrogens (tertiary/aromatic N) is 2. The van der Waals surface area contributed by atoms with E-state index >= 15 is 0 Å². The Morgan fingerprint density at radius 3 is 2.38 bits per heavy atom. The molecule has 6 atom stereocenters. The molecule has 1 aromatic rings. The number of unbranched alkanes of at least 4 members (excludes halogenated alkanes) is 1. The van der Waals surface area contributed by atoms with Crippen LogP contribution in [0.3, 0.4) is 0 Å². The van der Waals surface area contributed by atoms with Gasteiger partial charge in [-0.25, -0.2) is 0 Å². The molecule has 0 saturated heterocycles. The van der Waals surface area contributed by atoms with Crippen molar-refractivity contribution in [3.8, 4) is 0 Å². The zero-order chi connectivity index (χ0) is 30.7. The van der Waals surface area contributed by atoms with Gasteiger partial charge in [0.05, 0.1) is 31.5 Å². The van der Waals surface area contributed by atoms with E-state index in [9.17, 15) is 40.3 Å². The highest BCUT2D eigenvalue weighted by atomic mass is 17.0. The van der Waals surface area contributed by atoms with Crippen LogP contribution < -0.4 is 0 Å². The molecular formula is C29H44N2O11. The van der Waals surface area contributed by atoms with Crippen molar-refractivity contribution in [3.63, 3.8) is 0 Å². The number of aryl methyl sites for hydroxylation is 1. The summed E-state index contributed by atoms with van der Waals surface area (Å²) >= 11 is 0. The molecule has 42 heavy (non-hydrogen) atoms. The average Bonchev–Trinajstić information content (AvgIpc) is 3.23. The van der Waals surface area contributed by atoms with E-state index < -0.39 is 40.4 Å². The SMILES string of the molecule is O=C(CCC/C=C\C[C@@H]1[C@@H](CC[C@@H](O)CCc2ccccc2)[C@H](O)C[C@@H]1O)OCC(CCCO[N+](=O)[O-])CO[N+](=O)[O-]. The van der Waals surface area contributed by atoms with E-state index in [-0.39, 0.29) is 50.9 Å². The smallest absolute Gasteiger partial charge is 0.305 e. The van der Waals surface area contributed by atoms with Gasteiger partial charge in [-0.1, -0.05) is 42.5 Å². The Labute approximate surface area is 245 Å². The first-order valence-electron chi connectivity index (χ1n) is 14.6. The number of esters is 1. The highest BCUT2D eigenvalue weighted by Gasteiger charge is 2.40. The van der Waals surface area contributed by atoms with Crippen LogP contribution in [0.1, 0.15) is 69.8 Å². The maximum Gasteiger partial charge on any atom is 0.305 e. The van der Waals surface area contributed by atoms with E-state index in [1.807, 2.05) is 42.5 Å². The van der Waals surface area contributed by atoms with Gasteiger partial charge >= 0.3 is 5.97 Å². The van der Waals surface area contributed by atoms with Gasteiger partial charge in [0.1, 0.15) is 6.61 Å². The standard InChI is InChI=1S/C29H44N2O11/c32-24(15-14-22-9-4-3-5-10-22)16-17-26-25(27(33)19-28(26)34)12-6-1-2-7-13-29(35)40-20-23(21-42-31(38)39)11-8-18-41-30(36)37/h1,3-6,9-10,23-28,32-34H,2,7-8,11-21H2/b6-1-/t23?,24-,25+,26+,27-,28+/m0/s1. The summed E-state index contributed by atoms with van der Waals surface area (Å²) in [6.07, 6.45) is 7.56. The van der Waals surface area contributed by atoms with E-state index in [2.05, 4.69) is 9.68 Å². The number of hydrogen-bond donors (Lipinski definition) is 3. The van der Waals surface area contributed by atoms with Crippen LogP contribution in [0.25, 0.3) is 0 Å². The molecule has 1 fully saturated rings. The van der Waals surface area contributed by atoms with Gasteiger partial charge in [0.2, 0.25) is 0 Å². The van der Waals surface area contributed by atoms with Crippen LogP contribution in [0.2, 0.25) is 0 Å². The van der Waals surface area contributed by atoms with Crippen LogP contribution in [0.15, 0.2) is 42.5 Å². The van der Waals surface area contributed by atoms with Crippen molar-refractivity contribution in [2.24, 2.45) is 17.8 Å². The molecule has 0 aromatic heterocycles. The minimum absolute atomic E-state index is 0.0932. The van der Waals surface area contributed by atoms with E-state index in [1.54, 1.807) is 0 Å². The third-order valence-electron chi connectivity index (χ3n) is 7.64. The Bertz CT molecular complexity index is 962. The maximum absolute atomic E-state index is 12.1. The molecule has 1 aromatic carbocycles. The third kappa shape index (κ3) is 14.6. The molecule has 1 saturated carbocycles. The Balaban J connectivity index is 1.66. The van der Waals surface area contributed by atoms with Gasteiger partial charge in [-0.3, -0.25) is 4.79 Å². The minimum Gasteiger partial charge on any atom is -0.465 e. The van der Waals surface area contributed by atoms with Gasteiger partial charge in [0, 0.05) is 12.3 Å². The first-order chi connectivity index (χ1) is 20.2. The highest BCUT2D eigenvalue weighted by Crippen LogP contribution is 2.38. The van der Waals surface area contributed by atoms with Gasteiger partial charge in [0.15, 0.2) is 0 Å². The second kappa shape index (κ2) is 19.8. The molecule has 0 radical (unpaired) electrons. The summed E-state index contributed by atoms with van der Waals surface area (Å²) in [6.45, 7) is -0.571. The molecule has 0 bridgehead atoms. The van der Waals surface area contributed by atoms with Crippen LogP contribution in [-0.4, -0.2) is 69.6 Å². The van der Waals surface area contributed by atoms with E-state index in [4.69, 9.17) is 4.74 Å². The number of benzene rings is 1. The lowest BCUT2D eigenvalue weighted by Crippen LogP contribution is -2.23. The van der Waals surface area contributed by atoms with E-state index in [1.165, 1.54) is 5.56 Å². The molecular weight excluding hydrogens is 552 g/mol. The van der Waals surface area contributed by atoms with Crippen molar-refractivity contribution < 1.29 is 44.7 Å². The fourth-order valence-electron chi connectivity index (χ4n) is 5.32. The molecule has 1 aliphatic carbocycles. The number of carbonyl (C=O) groups excluding carboxylic acids is 1. The largest absolute Gasteiger partial charge is 0.465 e. The van der Waals surface area contributed by atoms with Crippen molar-refractivity contribution in [1.82, 2.24) is 0 Å². The second-order valence-electron chi connectivity index (χ2n) is 10.8. The first-order valence-corrected chi connectivity index (χ1v) is 14.6. The van der Waals surface area contributed by atoms with E-state index in [0.29, 0.717) is 44.9 Å². The van der Waals surface area contributed by atoms with Crippen molar-refractivity contribution in [2.75, 3.05) is 19.8 Å². The fraction of sp³-hybridized carbons (Fsp3) is 0.690. The number of hydrogen-bond acceptors (Lipinski definition) is 11. The Hall–Kier alpha value is -3.29. The quantitative estimate of drug-likeness (QED) is 0.0582. The lowest BCUT2D eigenvalue weighted by Gasteiger charge is -2.23. The summed E-state index contributed by atoms with van der Waals surface area (Å²) in [7, 11) is 0. The number of ether oxygens (including phenoxy) is 1. The topological polar surface area (TPSA) is 192 Å². The normalized spacial score (nSPS) is 21.6. The maximum atomic E-state index is 12.1. The molecule has 0 spiro atoms. The van der Waals surface area contributed by atoms with Gasteiger partial charge in [-0.2, -0.15) is 0 Å². The number of aliphatic hydroxyl groups is 3. The molecule has 13 heteroatoms. The Kier molecular flexibility index (Phi) is 16.4. The van der Waals surface area contributed by atoms with Gasteiger partial charge in [-0.05, 0) is 81.6 Å². The van der Waals surface area contributed by atoms with Crippen molar-refractivity contribution in [2.45, 2.75) is 88.9 Å². The van der Waals surface area contributed by atoms with Crippen molar-refractivity contribution >= 4 is 5.97 Å². The van der Waals surface area contributed by atoms with E-state index in [0.717, 1.165) is 6.42 Å². The van der Waals surface area contributed by atoms with Crippen LogP contribution in [0.5, 0.6) is 0 Å². The predicted molar refractivity (Wildman–Crippen MR) is 151 cm³/mol. The first kappa shape index (κ1) is 34.9. The number of aliphatic hydroxyl groups excluding tert-OH is 3. The number of carbonyl (C=O) groups is 1. The van der Waals surface area contributed by atoms with Crippen molar-refractivity contribution in [3.05, 3.63) is 68.3 Å². The van der Waals surface area contributed by atoms with Crippen LogP contribution in [0, 0.1) is 38.0 Å². The second-order valence-corrected chi connectivity index (χ2v) is 10.8. The van der Waals surface area contributed by atoms with Crippen LogP contribution >= 0.6 is 0 Å². The highest BCUT2D eigenvalue weighted by molar-refractivity contribution is 5.69. The zero-order valence-electron chi connectivity index (χ0n) is 23.9. The molecule has 0 aliphatic heterocycles. The summed E-state index contributed by atoms with van der Waals surface area (Å²) in [6, 6.07) is 9.98. The summed E-state index contributed by atoms with van der Waals surface area (Å²) in [5.41, 5.74) is 1.17. The van der Waals surface area contributed by atoms with Gasteiger partial charge in [0.25, 0.3) is 10.2 Å². The van der Waals surface area contributed by atoms with Gasteiger partial charge in [-0.15, -0.1) is 20.2 Å². The van der Waals surface area contributed by atoms with Gasteiger partial charge < -0.3 is 29.7 Å². The predicted octanol–water partition coefficient (Wildman–Crippen LogP) is 3.59. The summed E-state index contributed by atoms with van der Waals surface area (Å²) in [5, 5.41) is 50.3. The molecule has 2 rings (SSSR count). The third-order valence-corrected chi connectivity index (χ3v) is 7.64.